The Bertz CT molecular complexity index is 1070. The number of hydrogen-bond donors (Lipinski definition) is 2. The third kappa shape index (κ3) is 3.54. The number of fused-ring (bicyclic) bond motifs is 2. The molecule has 1 unspecified atom stereocenters. The van der Waals surface area contributed by atoms with E-state index in [1.807, 2.05) is 19.9 Å². The van der Waals surface area contributed by atoms with Crippen LogP contribution in [0, 0.1) is 13.8 Å². The van der Waals surface area contributed by atoms with E-state index in [2.05, 4.69) is 33.5 Å². The van der Waals surface area contributed by atoms with E-state index in [1.165, 1.54) is 11.1 Å². The van der Waals surface area contributed by atoms with Crippen LogP contribution in [0.15, 0.2) is 29.1 Å². The lowest BCUT2D eigenvalue weighted by Crippen LogP contribution is -2.27. The number of rotatable bonds is 5. The van der Waals surface area contributed by atoms with Crippen LogP contribution in [0.5, 0.6) is 0 Å². The molecule has 6 heteroatoms. The summed E-state index contributed by atoms with van der Waals surface area (Å²) in [5.74, 6) is 0.996. The van der Waals surface area contributed by atoms with Gasteiger partial charge in [-0.05, 0) is 49.3 Å². The molecule has 1 aliphatic rings. The van der Waals surface area contributed by atoms with Crippen LogP contribution in [-0.4, -0.2) is 22.4 Å². The molecular weight excluding hydrogens is 358 g/mol. The Morgan fingerprint density at radius 1 is 1.33 bits per heavy atom. The number of aromatic nitrogens is 2. The molecule has 0 fully saturated rings. The van der Waals surface area contributed by atoms with Crippen molar-refractivity contribution in [2.24, 2.45) is 0 Å². The van der Waals surface area contributed by atoms with Crippen molar-refractivity contribution >= 4 is 27.5 Å². The fourth-order valence-corrected chi connectivity index (χ4v) is 4.94. The maximum absolute atomic E-state index is 12.3. The molecule has 3 aromatic rings. The van der Waals surface area contributed by atoms with E-state index in [4.69, 9.17) is 0 Å². The zero-order chi connectivity index (χ0) is 19.0. The first-order valence-electron chi connectivity index (χ1n) is 9.36. The summed E-state index contributed by atoms with van der Waals surface area (Å²) in [5, 5.41) is 3.66. The van der Waals surface area contributed by atoms with Crippen LogP contribution in [-0.2, 0) is 17.6 Å². The molecule has 0 saturated heterocycles. The smallest absolute Gasteiger partial charge is 0.259 e. The summed E-state index contributed by atoms with van der Waals surface area (Å²) in [7, 11) is 0. The van der Waals surface area contributed by atoms with Crippen molar-refractivity contribution in [2.45, 2.75) is 45.4 Å². The van der Waals surface area contributed by atoms with E-state index in [-0.39, 0.29) is 11.5 Å². The van der Waals surface area contributed by atoms with Crippen LogP contribution < -0.4 is 10.9 Å². The first-order valence-corrected chi connectivity index (χ1v) is 10.2. The molecule has 1 aliphatic carbocycles. The molecule has 0 spiro atoms. The van der Waals surface area contributed by atoms with Crippen LogP contribution in [0.4, 0.5) is 0 Å². The zero-order valence-electron chi connectivity index (χ0n) is 15.6. The van der Waals surface area contributed by atoms with Gasteiger partial charge in [-0.2, -0.15) is 0 Å². The molecular formula is C21H23N3O2S. The highest BCUT2D eigenvalue weighted by molar-refractivity contribution is 7.18. The van der Waals surface area contributed by atoms with Crippen LogP contribution in [0.2, 0.25) is 0 Å². The van der Waals surface area contributed by atoms with Gasteiger partial charge in [-0.15, -0.1) is 11.3 Å². The highest BCUT2D eigenvalue weighted by Gasteiger charge is 2.24. The first kappa shape index (κ1) is 17.9. The van der Waals surface area contributed by atoms with Crippen molar-refractivity contribution in [3.8, 4) is 0 Å². The molecule has 0 radical (unpaired) electrons. The Labute approximate surface area is 161 Å². The van der Waals surface area contributed by atoms with E-state index < -0.39 is 0 Å². The SMILES string of the molecule is Cc1sc2nc(CCNC(=O)CC3CCc4ccccc43)[nH]c(=O)c2c1C. The second-order valence-electron chi connectivity index (χ2n) is 7.21. The van der Waals surface area contributed by atoms with Gasteiger partial charge >= 0.3 is 0 Å². The van der Waals surface area contributed by atoms with Gasteiger partial charge < -0.3 is 10.3 Å². The molecule has 1 amide bonds. The number of amides is 1. The Hall–Kier alpha value is -2.47. The number of thiophene rings is 1. The van der Waals surface area contributed by atoms with Crippen LogP contribution in [0.1, 0.15) is 46.2 Å². The molecule has 2 heterocycles. The summed E-state index contributed by atoms with van der Waals surface area (Å²) in [6.07, 6.45) is 3.13. The van der Waals surface area contributed by atoms with E-state index >= 15 is 0 Å². The number of H-pyrrole nitrogens is 1. The van der Waals surface area contributed by atoms with E-state index in [9.17, 15) is 9.59 Å². The molecule has 0 bridgehead atoms. The predicted octanol–water partition coefficient (Wildman–Crippen LogP) is 3.38. The van der Waals surface area contributed by atoms with Gasteiger partial charge in [0.15, 0.2) is 0 Å². The van der Waals surface area contributed by atoms with Gasteiger partial charge in [0.1, 0.15) is 10.7 Å². The number of carbonyl (C=O) groups is 1. The highest BCUT2D eigenvalue weighted by Crippen LogP contribution is 2.35. The fraction of sp³-hybridized carbons (Fsp3) is 0.381. The van der Waals surface area contributed by atoms with E-state index in [1.54, 1.807) is 11.3 Å². The minimum Gasteiger partial charge on any atom is -0.356 e. The summed E-state index contributed by atoms with van der Waals surface area (Å²) in [5.41, 5.74) is 3.59. The van der Waals surface area contributed by atoms with Gasteiger partial charge in [-0.25, -0.2) is 4.98 Å². The molecule has 0 saturated carbocycles. The topological polar surface area (TPSA) is 74.8 Å². The minimum absolute atomic E-state index is 0.0583. The molecule has 27 heavy (non-hydrogen) atoms. The lowest BCUT2D eigenvalue weighted by atomic mass is 9.97. The number of hydrogen-bond acceptors (Lipinski definition) is 4. The molecule has 2 aromatic heterocycles. The normalized spacial score (nSPS) is 15.9. The highest BCUT2D eigenvalue weighted by atomic mass is 32.1. The van der Waals surface area contributed by atoms with Gasteiger partial charge in [0, 0.05) is 24.3 Å². The first-order chi connectivity index (χ1) is 13.0. The van der Waals surface area contributed by atoms with E-state index in [0.717, 1.165) is 28.1 Å². The number of carbonyl (C=O) groups excluding carboxylic acids is 1. The second kappa shape index (κ2) is 7.27. The number of nitrogens with one attached hydrogen (secondary N) is 2. The van der Waals surface area contributed by atoms with Crippen molar-refractivity contribution in [1.29, 1.82) is 0 Å². The lowest BCUT2D eigenvalue weighted by molar-refractivity contribution is -0.121. The fourth-order valence-electron chi connectivity index (χ4n) is 3.89. The maximum atomic E-state index is 12.3. The van der Waals surface area contributed by atoms with Crippen LogP contribution in [0.25, 0.3) is 10.2 Å². The Balaban J connectivity index is 1.35. The van der Waals surface area contributed by atoms with Crippen molar-refractivity contribution in [3.05, 3.63) is 62.0 Å². The number of aromatic amines is 1. The molecule has 1 atom stereocenters. The number of nitrogens with zero attached hydrogens (tertiary/aromatic N) is 1. The van der Waals surface area contributed by atoms with Crippen LogP contribution >= 0.6 is 11.3 Å². The lowest BCUT2D eigenvalue weighted by Gasteiger charge is -2.11. The molecule has 0 aliphatic heterocycles. The van der Waals surface area contributed by atoms with Crippen molar-refractivity contribution in [3.63, 3.8) is 0 Å². The monoisotopic (exact) mass is 381 g/mol. The average molecular weight is 382 g/mol. The molecule has 1 aromatic carbocycles. The number of benzene rings is 1. The largest absolute Gasteiger partial charge is 0.356 e. The Morgan fingerprint density at radius 2 is 2.15 bits per heavy atom. The van der Waals surface area contributed by atoms with Gasteiger partial charge in [0.05, 0.1) is 5.39 Å². The average Bonchev–Trinajstić information content (AvgIpc) is 3.16. The summed E-state index contributed by atoms with van der Waals surface area (Å²) >= 11 is 1.54. The molecule has 140 valence electrons. The zero-order valence-corrected chi connectivity index (χ0v) is 16.4. The standard InChI is InChI=1S/C21H23N3O2S/c1-12-13(2)27-21-19(12)20(26)23-17(24-21)9-10-22-18(25)11-15-8-7-14-5-3-4-6-16(14)15/h3-6,15H,7-11H2,1-2H3,(H,22,25)(H,23,24,26). The summed E-state index contributed by atoms with van der Waals surface area (Å²) in [6, 6.07) is 8.39. The van der Waals surface area contributed by atoms with Gasteiger partial charge in [-0.3, -0.25) is 9.59 Å². The Kier molecular flexibility index (Phi) is 4.83. The van der Waals surface area contributed by atoms with Crippen molar-refractivity contribution < 1.29 is 4.79 Å². The third-order valence-corrected chi connectivity index (χ3v) is 6.56. The summed E-state index contributed by atoms with van der Waals surface area (Å²) in [4.78, 5) is 33.9. The van der Waals surface area contributed by atoms with Gasteiger partial charge in [0.25, 0.3) is 5.56 Å². The summed E-state index contributed by atoms with van der Waals surface area (Å²) < 4.78 is 0. The van der Waals surface area contributed by atoms with Gasteiger partial charge in [0.2, 0.25) is 5.91 Å². The summed E-state index contributed by atoms with van der Waals surface area (Å²) in [6.45, 7) is 4.43. The third-order valence-electron chi connectivity index (χ3n) is 5.46. The second-order valence-corrected chi connectivity index (χ2v) is 8.42. The minimum atomic E-state index is -0.0919. The number of aryl methyl sites for hydroxylation is 3. The quantitative estimate of drug-likeness (QED) is 0.711. The molecule has 5 nitrogen and oxygen atoms in total. The predicted molar refractivity (Wildman–Crippen MR) is 109 cm³/mol. The van der Waals surface area contributed by atoms with Crippen LogP contribution in [0.3, 0.4) is 0 Å². The van der Waals surface area contributed by atoms with Gasteiger partial charge in [-0.1, -0.05) is 24.3 Å². The Morgan fingerprint density at radius 3 is 3.00 bits per heavy atom. The van der Waals surface area contributed by atoms with Crippen molar-refractivity contribution in [1.82, 2.24) is 15.3 Å². The van der Waals surface area contributed by atoms with E-state index in [0.29, 0.717) is 36.5 Å². The van der Waals surface area contributed by atoms with Crippen molar-refractivity contribution in [2.75, 3.05) is 6.54 Å². The maximum Gasteiger partial charge on any atom is 0.259 e. The molecule has 4 rings (SSSR count). The molecule has 2 N–H and O–H groups in total.